The summed E-state index contributed by atoms with van der Waals surface area (Å²) >= 11 is 0. The second kappa shape index (κ2) is 8.52. The molecular formula is C21H26N2O3. The zero-order valence-corrected chi connectivity index (χ0v) is 15.7. The van der Waals surface area contributed by atoms with E-state index >= 15 is 0 Å². The normalized spacial score (nSPS) is 12.2. The van der Waals surface area contributed by atoms with Crippen molar-refractivity contribution in [2.45, 2.75) is 20.8 Å². The van der Waals surface area contributed by atoms with Gasteiger partial charge in [-0.2, -0.15) is 0 Å². The van der Waals surface area contributed by atoms with Crippen molar-refractivity contribution in [3.8, 4) is 17.2 Å². The van der Waals surface area contributed by atoms with Crippen molar-refractivity contribution in [1.29, 1.82) is 0 Å². The molecule has 5 heteroatoms. The molecule has 0 aliphatic heterocycles. The van der Waals surface area contributed by atoms with Crippen LogP contribution in [0, 0.1) is 12.3 Å². The third-order valence-electron chi connectivity index (χ3n) is 4.02. The van der Waals surface area contributed by atoms with E-state index in [1.54, 1.807) is 24.6 Å². The molecule has 0 aliphatic carbocycles. The number of benzene rings is 2. The van der Waals surface area contributed by atoms with E-state index in [0.717, 1.165) is 5.56 Å². The maximum absolute atomic E-state index is 10.1. The fourth-order valence-electron chi connectivity index (χ4n) is 2.43. The predicted octanol–water partition coefficient (Wildman–Crippen LogP) is 3.98. The van der Waals surface area contributed by atoms with Gasteiger partial charge in [0.1, 0.15) is 5.75 Å². The molecule has 2 rings (SSSR count). The highest BCUT2D eigenvalue weighted by Gasteiger charge is 2.16. The van der Waals surface area contributed by atoms with Crippen molar-refractivity contribution in [3.05, 3.63) is 53.1 Å². The summed E-state index contributed by atoms with van der Waals surface area (Å²) in [7, 11) is 1.52. The van der Waals surface area contributed by atoms with E-state index in [1.165, 1.54) is 7.11 Å². The van der Waals surface area contributed by atoms with Gasteiger partial charge in [-0.05, 0) is 30.7 Å². The number of phenols is 2. The van der Waals surface area contributed by atoms with E-state index in [1.807, 2.05) is 31.2 Å². The molecule has 0 spiro atoms. The lowest BCUT2D eigenvalue weighted by Crippen LogP contribution is -2.19. The Hall–Kier alpha value is -2.82. The number of hydrogen-bond acceptors (Lipinski definition) is 5. The molecule has 0 saturated carbocycles. The standard InChI is InChI=1S/C21H26N2O3/c1-15-7-5-8-16(19(15)24)11-22-13-21(2,3)14-23-12-17-9-6-10-18(26-4)20(17)25/h5-12,24-25H,13-14H2,1-4H3. The van der Waals surface area contributed by atoms with Crippen LogP contribution in [-0.4, -0.2) is 42.8 Å². The second-order valence-electron chi connectivity index (χ2n) is 7.01. The van der Waals surface area contributed by atoms with Gasteiger partial charge >= 0.3 is 0 Å². The Bertz CT molecular complexity index is 811. The van der Waals surface area contributed by atoms with E-state index in [0.29, 0.717) is 30.0 Å². The van der Waals surface area contributed by atoms with Gasteiger partial charge in [0, 0.05) is 42.1 Å². The van der Waals surface area contributed by atoms with Crippen molar-refractivity contribution in [2.75, 3.05) is 20.2 Å². The highest BCUT2D eigenvalue weighted by atomic mass is 16.5. The largest absolute Gasteiger partial charge is 0.507 e. The minimum absolute atomic E-state index is 0.0875. The number of ether oxygens (including phenoxy) is 1. The van der Waals surface area contributed by atoms with E-state index in [9.17, 15) is 10.2 Å². The highest BCUT2D eigenvalue weighted by Crippen LogP contribution is 2.28. The second-order valence-corrected chi connectivity index (χ2v) is 7.01. The average Bonchev–Trinajstić information content (AvgIpc) is 2.60. The molecule has 0 saturated heterocycles. The summed E-state index contributed by atoms with van der Waals surface area (Å²) in [5, 5.41) is 20.1. The number of para-hydroxylation sites is 2. The fraction of sp³-hybridized carbons (Fsp3) is 0.333. The number of rotatable bonds is 7. The molecule has 0 unspecified atom stereocenters. The smallest absolute Gasteiger partial charge is 0.166 e. The molecule has 0 radical (unpaired) electrons. The third-order valence-corrected chi connectivity index (χ3v) is 4.02. The van der Waals surface area contributed by atoms with E-state index < -0.39 is 0 Å². The van der Waals surface area contributed by atoms with Crippen LogP contribution in [0.4, 0.5) is 0 Å². The average molecular weight is 354 g/mol. The Morgan fingerprint density at radius 1 is 0.923 bits per heavy atom. The number of nitrogens with zero attached hydrogens (tertiary/aromatic N) is 2. The molecule has 2 aromatic rings. The van der Waals surface area contributed by atoms with E-state index in [-0.39, 0.29) is 16.9 Å². The minimum atomic E-state index is -0.152. The quantitative estimate of drug-likeness (QED) is 0.739. The van der Waals surface area contributed by atoms with Gasteiger partial charge in [-0.25, -0.2) is 0 Å². The Morgan fingerprint density at radius 2 is 1.46 bits per heavy atom. The van der Waals surface area contributed by atoms with Gasteiger partial charge in [0.2, 0.25) is 0 Å². The lowest BCUT2D eigenvalue weighted by Gasteiger charge is -2.19. The third kappa shape index (κ3) is 5.09. The van der Waals surface area contributed by atoms with Crippen molar-refractivity contribution in [1.82, 2.24) is 0 Å². The molecule has 2 aromatic carbocycles. The first-order chi connectivity index (χ1) is 12.3. The zero-order chi connectivity index (χ0) is 19.2. The molecule has 5 nitrogen and oxygen atoms in total. The van der Waals surface area contributed by atoms with Gasteiger partial charge in [-0.1, -0.05) is 32.0 Å². The van der Waals surface area contributed by atoms with Crippen LogP contribution < -0.4 is 4.74 Å². The van der Waals surface area contributed by atoms with Crippen LogP contribution >= 0.6 is 0 Å². The Morgan fingerprint density at radius 3 is 2.04 bits per heavy atom. The van der Waals surface area contributed by atoms with Crippen LogP contribution in [-0.2, 0) is 0 Å². The topological polar surface area (TPSA) is 74.4 Å². The number of aryl methyl sites for hydroxylation is 1. The first-order valence-corrected chi connectivity index (χ1v) is 8.48. The van der Waals surface area contributed by atoms with Gasteiger partial charge in [-0.15, -0.1) is 0 Å². The fourth-order valence-corrected chi connectivity index (χ4v) is 2.43. The molecule has 138 valence electrons. The number of hydrogen-bond donors (Lipinski definition) is 2. The number of aliphatic imine (C=N–C) groups is 2. The van der Waals surface area contributed by atoms with E-state index in [2.05, 4.69) is 23.8 Å². The lowest BCUT2D eigenvalue weighted by atomic mass is 9.94. The highest BCUT2D eigenvalue weighted by molar-refractivity contribution is 5.85. The summed E-state index contributed by atoms with van der Waals surface area (Å²) < 4.78 is 5.09. The summed E-state index contributed by atoms with van der Waals surface area (Å²) in [5.74, 6) is 0.779. The van der Waals surface area contributed by atoms with Crippen molar-refractivity contribution in [3.63, 3.8) is 0 Å². The Kier molecular flexibility index (Phi) is 6.39. The van der Waals surface area contributed by atoms with Crippen LogP contribution in [0.1, 0.15) is 30.5 Å². The molecule has 26 heavy (non-hydrogen) atoms. The maximum Gasteiger partial charge on any atom is 0.166 e. The number of methoxy groups -OCH3 is 1. The SMILES string of the molecule is COc1cccc(C=NCC(C)(C)CN=Cc2cccc(C)c2O)c1O. The first kappa shape index (κ1) is 19.5. The predicted molar refractivity (Wildman–Crippen MR) is 106 cm³/mol. The number of phenolic OH excluding ortho intramolecular Hbond substituents is 2. The summed E-state index contributed by atoms with van der Waals surface area (Å²) in [5.41, 5.74) is 2.01. The summed E-state index contributed by atoms with van der Waals surface area (Å²) in [6.07, 6.45) is 3.34. The van der Waals surface area contributed by atoms with Gasteiger partial charge in [0.05, 0.1) is 7.11 Å². The van der Waals surface area contributed by atoms with E-state index in [4.69, 9.17) is 4.74 Å². The van der Waals surface area contributed by atoms with Crippen molar-refractivity contribution >= 4 is 12.4 Å². The Balaban J connectivity index is 1.98. The molecule has 0 aromatic heterocycles. The van der Waals surface area contributed by atoms with Gasteiger partial charge in [0.25, 0.3) is 0 Å². The van der Waals surface area contributed by atoms with Gasteiger partial charge in [0.15, 0.2) is 11.5 Å². The molecule has 0 atom stereocenters. The summed E-state index contributed by atoms with van der Waals surface area (Å²) in [6.45, 7) is 7.13. The molecule has 2 N–H and O–H groups in total. The van der Waals surface area contributed by atoms with Crippen LogP contribution in [0.3, 0.4) is 0 Å². The van der Waals surface area contributed by atoms with Crippen molar-refractivity contribution in [2.24, 2.45) is 15.4 Å². The molecule has 0 amide bonds. The molecular weight excluding hydrogens is 328 g/mol. The molecule has 0 bridgehead atoms. The van der Waals surface area contributed by atoms with Gasteiger partial charge in [-0.3, -0.25) is 9.98 Å². The monoisotopic (exact) mass is 354 g/mol. The zero-order valence-electron chi connectivity index (χ0n) is 15.7. The molecule has 0 aliphatic rings. The number of aromatic hydroxyl groups is 2. The first-order valence-electron chi connectivity index (χ1n) is 8.48. The Labute approximate surface area is 154 Å². The van der Waals surface area contributed by atoms with Crippen LogP contribution in [0.5, 0.6) is 17.2 Å². The van der Waals surface area contributed by atoms with Crippen LogP contribution in [0.2, 0.25) is 0 Å². The molecule has 0 fully saturated rings. The molecule has 0 heterocycles. The summed E-state index contributed by atoms with van der Waals surface area (Å²) in [4.78, 5) is 8.90. The lowest BCUT2D eigenvalue weighted by molar-refractivity contribution is 0.373. The van der Waals surface area contributed by atoms with Crippen molar-refractivity contribution < 1.29 is 14.9 Å². The minimum Gasteiger partial charge on any atom is -0.507 e. The van der Waals surface area contributed by atoms with Crippen LogP contribution in [0.25, 0.3) is 0 Å². The van der Waals surface area contributed by atoms with Crippen LogP contribution in [0.15, 0.2) is 46.4 Å². The van der Waals surface area contributed by atoms with Gasteiger partial charge < -0.3 is 14.9 Å². The maximum atomic E-state index is 10.1. The summed E-state index contributed by atoms with van der Waals surface area (Å²) in [6, 6.07) is 10.9.